The molecule has 96 valence electrons. The Bertz CT molecular complexity index is 650. The van der Waals surface area contributed by atoms with Crippen LogP contribution in [0, 0.1) is 28.8 Å². The smallest absolute Gasteiger partial charge is 0.159 e. The molecule has 2 aromatic carbocycles. The predicted octanol–water partition coefficient (Wildman–Crippen LogP) is 3.55. The van der Waals surface area contributed by atoms with Gasteiger partial charge in [0.25, 0.3) is 0 Å². The van der Waals surface area contributed by atoms with Crippen molar-refractivity contribution in [2.45, 2.75) is 6.61 Å². The van der Waals surface area contributed by atoms with Crippen LogP contribution in [0.3, 0.4) is 0 Å². The maximum absolute atomic E-state index is 13.3. The maximum Gasteiger partial charge on any atom is 0.159 e. The molecule has 2 nitrogen and oxygen atoms in total. The van der Waals surface area contributed by atoms with Crippen LogP contribution in [-0.2, 0) is 6.61 Å². The molecule has 0 saturated heterocycles. The van der Waals surface area contributed by atoms with Gasteiger partial charge in [0.2, 0.25) is 0 Å². The minimum atomic E-state index is -0.966. The summed E-state index contributed by atoms with van der Waals surface area (Å²) in [6.07, 6.45) is 0. The Morgan fingerprint density at radius 3 is 2.37 bits per heavy atom. The van der Waals surface area contributed by atoms with E-state index in [9.17, 15) is 13.2 Å². The molecule has 0 saturated carbocycles. The van der Waals surface area contributed by atoms with Crippen molar-refractivity contribution < 1.29 is 17.9 Å². The summed E-state index contributed by atoms with van der Waals surface area (Å²) in [5.41, 5.74) is 0.337. The van der Waals surface area contributed by atoms with E-state index in [1.54, 1.807) is 6.07 Å². The quantitative estimate of drug-likeness (QED) is 0.848. The second-order valence-corrected chi connectivity index (χ2v) is 3.79. The van der Waals surface area contributed by atoms with E-state index < -0.39 is 17.5 Å². The summed E-state index contributed by atoms with van der Waals surface area (Å²) >= 11 is 0. The molecule has 0 aromatic heterocycles. The summed E-state index contributed by atoms with van der Waals surface area (Å²) in [6.45, 7) is -0.0253. The molecule has 2 rings (SSSR count). The van der Waals surface area contributed by atoms with Gasteiger partial charge in [0.05, 0.1) is 5.56 Å². The van der Waals surface area contributed by atoms with Gasteiger partial charge < -0.3 is 4.74 Å². The normalized spacial score (nSPS) is 10.0. The third-order valence-electron chi connectivity index (χ3n) is 2.45. The van der Waals surface area contributed by atoms with E-state index in [4.69, 9.17) is 10.00 Å². The van der Waals surface area contributed by atoms with Crippen molar-refractivity contribution in [3.05, 3.63) is 65.0 Å². The Labute approximate surface area is 107 Å². The lowest BCUT2D eigenvalue weighted by Crippen LogP contribution is -1.98. The molecular weight excluding hydrogens is 255 g/mol. The van der Waals surface area contributed by atoms with Gasteiger partial charge in [0.1, 0.15) is 24.2 Å². The summed E-state index contributed by atoms with van der Waals surface area (Å²) in [7, 11) is 0. The Hall–Kier alpha value is -2.48. The maximum atomic E-state index is 13.3. The lowest BCUT2D eigenvalue weighted by Gasteiger charge is -2.07. The molecule has 19 heavy (non-hydrogen) atoms. The van der Waals surface area contributed by atoms with Gasteiger partial charge in [-0.05, 0) is 29.8 Å². The van der Waals surface area contributed by atoms with E-state index in [1.807, 2.05) is 0 Å². The molecule has 0 aliphatic carbocycles. The minimum absolute atomic E-state index is 0.0253. The fraction of sp³-hybridized carbons (Fsp3) is 0.0714. The molecule has 0 N–H and O–H groups in total. The number of rotatable bonds is 3. The monoisotopic (exact) mass is 263 g/mol. The number of ether oxygens (including phenoxy) is 1. The highest BCUT2D eigenvalue weighted by Gasteiger charge is 2.05. The van der Waals surface area contributed by atoms with E-state index in [1.165, 1.54) is 18.2 Å². The van der Waals surface area contributed by atoms with Crippen molar-refractivity contribution in [1.82, 2.24) is 0 Å². The van der Waals surface area contributed by atoms with Gasteiger partial charge in [-0.2, -0.15) is 5.26 Å². The number of hydrogen-bond donors (Lipinski definition) is 0. The van der Waals surface area contributed by atoms with Crippen molar-refractivity contribution in [1.29, 1.82) is 5.26 Å². The second-order valence-electron chi connectivity index (χ2n) is 3.79. The van der Waals surface area contributed by atoms with Crippen LogP contribution in [-0.4, -0.2) is 0 Å². The zero-order chi connectivity index (χ0) is 13.8. The molecule has 0 radical (unpaired) electrons. The van der Waals surface area contributed by atoms with Gasteiger partial charge in [-0.3, -0.25) is 0 Å². The minimum Gasteiger partial charge on any atom is -0.489 e. The molecule has 0 heterocycles. The van der Waals surface area contributed by atoms with E-state index in [2.05, 4.69) is 0 Å². The second kappa shape index (κ2) is 5.44. The summed E-state index contributed by atoms with van der Waals surface area (Å²) in [5.74, 6) is -2.38. The molecule has 0 unspecified atom stereocenters. The van der Waals surface area contributed by atoms with Crippen LogP contribution in [0.5, 0.6) is 5.75 Å². The molecule has 0 aliphatic rings. The molecule has 0 atom stereocenters. The molecular formula is C14H8F3NO. The fourth-order valence-electron chi connectivity index (χ4n) is 1.47. The van der Waals surface area contributed by atoms with Crippen LogP contribution in [0.1, 0.15) is 11.1 Å². The predicted molar refractivity (Wildman–Crippen MR) is 61.8 cm³/mol. The summed E-state index contributed by atoms with van der Waals surface area (Å²) in [5, 5.41) is 8.57. The van der Waals surface area contributed by atoms with Gasteiger partial charge in [-0.1, -0.05) is 6.07 Å². The molecule has 0 bridgehead atoms. The topological polar surface area (TPSA) is 33.0 Å². The highest BCUT2D eigenvalue weighted by molar-refractivity contribution is 5.36. The highest BCUT2D eigenvalue weighted by Crippen LogP contribution is 2.18. The van der Waals surface area contributed by atoms with E-state index in [0.29, 0.717) is 5.56 Å². The van der Waals surface area contributed by atoms with Crippen molar-refractivity contribution in [3.63, 3.8) is 0 Å². The van der Waals surface area contributed by atoms with Gasteiger partial charge in [0.15, 0.2) is 11.6 Å². The van der Waals surface area contributed by atoms with Crippen LogP contribution in [0.2, 0.25) is 0 Å². The van der Waals surface area contributed by atoms with Crippen LogP contribution in [0.15, 0.2) is 36.4 Å². The zero-order valence-corrected chi connectivity index (χ0v) is 9.66. The summed E-state index contributed by atoms with van der Waals surface area (Å²) in [4.78, 5) is 0. The first-order valence-corrected chi connectivity index (χ1v) is 5.36. The van der Waals surface area contributed by atoms with E-state index in [-0.39, 0.29) is 17.9 Å². The van der Waals surface area contributed by atoms with Crippen molar-refractivity contribution in [2.24, 2.45) is 0 Å². The van der Waals surface area contributed by atoms with Crippen LogP contribution >= 0.6 is 0 Å². The van der Waals surface area contributed by atoms with Crippen LogP contribution in [0.4, 0.5) is 13.2 Å². The molecule has 0 amide bonds. The van der Waals surface area contributed by atoms with E-state index in [0.717, 1.165) is 18.2 Å². The molecule has 0 spiro atoms. The Morgan fingerprint density at radius 2 is 1.74 bits per heavy atom. The highest BCUT2D eigenvalue weighted by atomic mass is 19.2. The zero-order valence-electron chi connectivity index (χ0n) is 9.66. The SMILES string of the molecule is N#Cc1ccc(OCc2ccc(F)c(F)c2)cc1F. The van der Waals surface area contributed by atoms with Gasteiger partial charge in [0, 0.05) is 6.07 Å². The number of benzene rings is 2. The van der Waals surface area contributed by atoms with Gasteiger partial charge in [-0.15, -0.1) is 0 Å². The number of hydrogen-bond acceptors (Lipinski definition) is 2. The first-order valence-electron chi connectivity index (χ1n) is 5.36. The van der Waals surface area contributed by atoms with Crippen LogP contribution in [0.25, 0.3) is 0 Å². The first-order chi connectivity index (χ1) is 9.10. The summed E-state index contributed by atoms with van der Waals surface area (Å²) in [6, 6.07) is 8.85. The molecule has 2 aromatic rings. The number of halogens is 3. The average Bonchev–Trinajstić information content (AvgIpc) is 2.40. The average molecular weight is 263 g/mol. The molecule has 5 heteroatoms. The first kappa shape index (κ1) is 13.0. The summed E-state index contributed by atoms with van der Waals surface area (Å²) < 4.78 is 44.2. The van der Waals surface area contributed by atoms with Gasteiger partial charge in [-0.25, -0.2) is 13.2 Å². The lowest BCUT2D eigenvalue weighted by atomic mass is 10.2. The van der Waals surface area contributed by atoms with E-state index >= 15 is 0 Å². The van der Waals surface area contributed by atoms with Crippen molar-refractivity contribution in [2.75, 3.05) is 0 Å². The third kappa shape index (κ3) is 3.05. The number of nitrogens with zero attached hydrogens (tertiary/aromatic N) is 1. The van der Waals surface area contributed by atoms with Gasteiger partial charge >= 0.3 is 0 Å². The van der Waals surface area contributed by atoms with Crippen molar-refractivity contribution >= 4 is 0 Å². The standard InChI is InChI=1S/C14H8F3NO/c15-12-4-1-9(5-14(12)17)8-19-11-3-2-10(7-18)13(16)6-11/h1-6H,8H2. The Balaban J connectivity index is 2.08. The Kier molecular flexibility index (Phi) is 3.71. The van der Waals surface area contributed by atoms with Crippen LogP contribution < -0.4 is 4.74 Å². The Morgan fingerprint density at radius 1 is 0.947 bits per heavy atom. The van der Waals surface area contributed by atoms with Crippen molar-refractivity contribution in [3.8, 4) is 11.8 Å². The third-order valence-corrected chi connectivity index (χ3v) is 2.45. The molecule has 0 aliphatic heterocycles. The molecule has 0 fully saturated rings. The largest absolute Gasteiger partial charge is 0.489 e. The lowest BCUT2D eigenvalue weighted by molar-refractivity contribution is 0.303. The number of nitriles is 1. The fourth-order valence-corrected chi connectivity index (χ4v) is 1.47.